The zero-order valence-electron chi connectivity index (χ0n) is 8.59. The molecule has 1 heteroatoms. The van der Waals surface area contributed by atoms with E-state index in [1.165, 1.54) is 24.0 Å². The van der Waals surface area contributed by atoms with E-state index in [-0.39, 0.29) is 6.04 Å². The predicted octanol–water partition coefficient (Wildman–Crippen LogP) is 2.53. The molecule has 13 heavy (non-hydrogen) atoms. The molecule has 0 spiro atoms. The summed E-state index contributed by atoms with van der Waals surface area (Å²) in [5.74, 6) is 0. The van der Waals surface area contributed by atoms with Crippen molar-refractivity contribution < 1.29 is 0 Å². The van der Waals surface area contributed by atoms with Crippen LogP contribution < -0.4 is 5.73 Å². The highest BCUT2D eigenvalue weighted by Crippen LogP contribution is 2.07. The summed E-state index contributed by atoms with van der Waals surface area (Å²) >= 11 is 0. The van der Waals surface area contributed by atoms with E-state index in [1.54, 1.807) is 0 Å². The minimum Gasteiger partial charge on any atom is -0.328 e. The minimum absolute atomic E-state index is 0.261. The van der Waals surface area contributed by atoms with Gasteiger partial charge in [0.05, 0.1) is 0 Å². The molecule has 0 aromatic heterocycles. The second kappa shape index (κ2) is 5.03. The Hall–Kier alpha value is -0.820. The number of hydrogen-bond donors (Lipinski definition) is 1. The summed E-state index contributed by atoms with van der Waals surface area (Å²) in [6, 6.07) is 9.06. The highest BCUT2D eigenvalue weighted by molar-refractivity contribution is 5.23. The van der Waals surface area contributed by atoms with Crippen LogP contribution in [0.2, 0.25) is 0 Å². The number of rotatable bonds is 4. The van der Waals surface area contributed by atoms with Crippen LogP contribution in [0.5, 0.6) is 0 Å². The summed E-state index contributed by atoms with van der Waals surface area (Å²) in [6.07, 6.45) is 3.37. The third-order valence-electron chi connectivity index (χ3n) is 2.12. The molecule has 1 rings (SSSR count). The van der Waals surface area contributed by atoms with E-state index in [1.807, 2.05) is 6.92 Å². The van der Waals surface area contributed by atoms with Crippen molar-refractivity contribution in [3.63, 3.8) is 0 Å². The maximum Gasteiger partial charge on any atom is 0.00509 e. The van der Waals surface area contributed by atoms with Crippen LogP contribution in [0.3, 0.4) is 0 Å². The first-order valence-electron chi connectivity index (χ1n) is 5.05. The van der Waals surface area contributed by atoms with Crippen molar-refractivity contribution >= 4 is 0 Å². The van der Waals surface area contributed by atoms with Gasteiger partial charge in [0.25, 0.3) is 0 Å². The highest BCUT2D eigenvalue weighted by atomic mass is 14.6. The summed E-state index contributed by atoms with van der Waals surface area (Å²) in [5, 5.41) is 0. The lowest BCUT2D eigenvalue weighted by Crippen LogP contribution is -2.17. The molecule has 0 aliphatic heterocycles. The van der Waals surface area contributed by atoms with Crippen molar-refractivity contribution in [2.75, 3.05) is 0 Å². The lowest BCUT2D eigenvalue weighted by atomic mass is 10.0. The molecule has 0 fully saturated rings. The quantitative estimate of drug-likeness (QED) is 0.751. The molecule has 1 aromatic carbocycles. The lowest BCUT2D eigenvalue weighted by molar-refractivity contribution is 0.737. The van der Waals surface area contributed by atoms with Crippen LogP contribution in [0.4, 0.5) is 0 Å². The Morgan fingerprint density at radius 1 is 1.15 bits per heavy atom. The molecule has 0 heterocycles. The van der Waals surface area contributed by atoms with Crippen LogP contribution >= 0.6 is 0 Å². The molecular formula is C12H19N. The maximum absolute atomic E-state index is 5.72. The molecule has 1 aromatic rings. The van der Waals surface area contributed by atoms with E-state index in [4.69, 9.17) is 5.73 Å². The number of hydrogen-bond acceptors (Lipinski definition) is 1. The third-order valence-corrected chi connectivity index (χ3v) is 2.12. The molecule has 1 atom stereocenters. The van der Waals surface area contributed by atoms with E-state index in [9.17, 15) is 0 Å². The zero-order valence-corrected chi connectivity index (χ0v) is 8.59. The smallest absolute Gasteiger partial charge is 0.00509 e. The van der Waals surface area contributed by atoms with Gasteiger partial charge in [0.15, 0.2) is 0 Å². The van der Waals surface area contributed by atoms with Crippen molar-refractivity contribution in [1.29, 1.82) is 0 Å². The molecule has 0 saturated carbocycles. The van der Waals surface area contributed by atoms with Gasteiger partial charge < -0.3 is 5.73 Å². The van der Waals surface area contributed by atoms with Gasteiger partial charge in [0.2, 0.25) is 0 Å². The summed E-state index contributed by atoms with van der Waals surface area (Å²) in [4.78, 5) is 0. The summed E-state index contributed by atoms with van der Waals surface area (Å²) < 4.78 is 0. The summed E-state index contributed by atoms with van der Waals surface area (Å²) in [7, 11) is 0. The number of benzene rings is 1. The largest absolute Gasteiger partial charge is 0.328 e. The Kier molecular flexibility index (Phi) is 3.97. The fourth-order valence-corrected chi connectivity index (χ4v) is 1.50. The number of aryl methyl sites for hydroxylation is 1. The second-order valence-electron chi connectivity index (χ2n) is 3.75. The van der Waals surface area contributed by atoms with E-state index in [0.29, 0.717) is 0 Å². The van der Waals surface area contributed by atoms with Crippen LogP contribution in [0, 0.1) is 0 Å². The van der Waals surface area contributed by atoms with Gasteiger partial charge in [0.1, 0.15) is 0 Å². The third kappa shape index (κ3) is 3.60. The molecule has 0 amide bonds. The molecular weight excluding hydrogens is 158 g/mol. The lowest BCUT2D eigenvalue weighted by Gasteiger charge is -2.05. The van der Waals surface area contributed by atoms with E-state index >= 15 is 0 Å². The first kappa shape index (κ1) is 10.3. The fraction of sp³-hybridized carbons (Fsp3) is 0.500. The fourth-order valence-electron chi connectivity index (χ4n) is 1.50. The molecule has 1 nitrogen and oxygen atoms in total. The van der Waals surface area contributed by atoms with Gasteiger partial charge in [0, 0.05) is 6.04 Å². The molecule has 0 saturated heterocycles. The standard InChI is InChI=1S/C12H19N/c1-3-4-11-5-7-12(8-6-11)9-10(2)13/h5-8,10H,3-4,9,13H2,1-2H3/t10-/m1/s1. The predicted molar refractivity (Wildman–Crippen MR) is 57.8 cm³/mol. The van der Waals surface area contributed by atoms with Crippen LogP contribution in [-0.4, -0.2) is 6.04 Å². The van der Waals surface area contributed by atoms with Crippen molar-refractivity contribution in [2.24, 2.45) is 5.73 Å². The second-order valence-corrected chi connectivity index (χ2v) is 3.75. The van der Waals surface area contributed by atoms with Gasteiger partial charge in [-0.3, -0.25) is 0 Å². The first-order chi connectivity index (χ1) is 6.22. The van der Waals surface area contributed by atoms with Gasteiger partial charge in [-0.1, -0.05) is 37.6 Å². The van der Waals surface area contributed by atoms with Gasteiger partial charge in [-0.25, -0.2) is 0 Å². The van der Waals surface area contributed by atoms with Gasteiger partial charge in [-0.05, 0) is 30.9 Å². The Labute approximate surface area is 81.0 Å². The molecule has 2 N–H and O–H groups in total. The molecule has 0 aliphatic carbocycles. The molecule has 0 aliphatic rings. The van der Waals surface area contributed by atoms with Crippen molar-refractivity contribution in [3.05, 3.63) is 35.4 Å². The van der Waals surface area contributed by atoms with Crippen molar-refractivity contribution in [2.45, 2.75) is 39.2 Å². The Morgan fingerprint density at radius 3 is 2.15 bits per heavy atom. The van der Waals surface area contributed by atoms with Crippen LogP contribution in [0.1, 0.15) is 31.4 Å². The van der Waals surface area contributed by atoms with E-state index in [2.05, 4.69) is 31.2 Å². The van der Waals surface area contributed by atoms with Crippen molar-refractivity contribution in [1.82, 2.24) is 0 Å². The van der Waals surface area contributed by atoms with Gasteiger partial charge >= 0.3 is 0 Å². The average molecular weight is 177 g/mol. The van der Waals surface area contributed by atoms with Crippen LogP contribution in [0.15, 0.2) is 24.3 Å². The highest BCUT2D eigenvalue weighted by Gasteiger charge is 1.97. The zero-order chi connectivity index (χ0) is 9.68. The summed E-state index contributed by atoms with van der Waals surface area (Å²) in [6.45, 7) is 4.25. The topological polar surface area (TPSA) is 26.0 Å². The average Bonchev–Trinajstić information content (AvgIpc) is 2.08. The van der Waals surface area contributed by atoms with Gasteiger partial charge in [-0.15, -0.1) is 0 Å². The molecule has 0 bridgehead atoms. The number of nitrogens with two attached hydrogens (primary N) is 1. The van der Waals surface area contributed by atoms with E-state index < -0.39 is 0 Å². The Morgan fingerprint density at radius 2 is 1.69 bits per heavy atom. The van der Waals surface area contributed by atoms with E-state index in [0.717, 1.165) is 6.42 Å². The summed E-state index contributed by atoms with van der Waals surface area (Å²) in [5.41, 5.74) is 8.49. The molecule has 0 unspecified atom stereocenters. The normalized spacial score (nSPS) is 12.8. The van der Waals surface area contributed by atoms with Crippen LogP contribution in [-0.2, 0) is 12.8 Å². The maximum atomic E-state index is 5.72. The first-order valence-corrected chi connectivity index (χ1v) is 5.05. The Balaban J connectivity index is 2.59. The minimum atomic E-state index is 0.261. The SMILES string of the molecule is CCCc1ccc(C[C@@H](C)N)cc1. The van der Waals surface area contributed by atoms with Crippen LogP contribution in [0.25, 0.3) is 0 Å². The Bertz CT molecular complexity index is 236. The molecule has 0 radical (unpaired) electrons. The molecule has 72 valence electrons. The van der Waals surface area contributed by atoms with Crippen molar-refractivity contribution in [3.8, 4) is 0 Å². The monoisotopic (exact) mass is 177 g/mol. The van der Waals surface area contributed by atoms with Gasteiger partial charge in [-0.2, -0.15) is 0 Å².